The van der Waals surface area contributed by atoms with Crippen LogP contribution in [0.5, 0.6) is 5.75 Å². The van der Waals surface area contributed by atoms with Gasteiger partial charge in [0, 0.05) is 17.9 Å². The van der Waals surface area contributed by atoms with Crippen molar-refractivity contribution in [3.8, 4) is 5.75 Å². The van der Waals surface area contributed by atoms with Gasteiger partial charge in [0.1, 0.15) is 18.1 Å². The van der Waals surface area contributed by atoms with Crippen molar-refractivity contribution in [3.63, 3.8) is 0 Å². The van der Waals surface area contributed by atoms with Crippen LogP contribution in [0.3, 0.4) is 0 Å². The van der Waals surface area contributed by atoms with E-state index in [1.165, 1.54) is 12.8 Å². The quantitative estimate of drug-likeness (QED) is 0.113. The molecule has 1 fully saturated rings. The van der Waals surface area contributed by atoms with E-state index in [9.17, 15) is 4.79 Å². The minimum Gasteiger partial charge on any atom is -0.488 e. The number of unbranched alkanes of at least 4 members (excludes halogenated alkanes) is 2. The number of carbonyl (C=O) groups is 1. The van der Waals surface area contributed by atoms with Crippen molar-refractivity contribution in [3.05, 3.63) is 53.0 Å². The maximum atomic E-state index is 13.9. The molecule has 2 rings (SSSR count). The largest absolute Gasteiger partial charge is 0.488 e. The molecule has 1 saturated carbocycles. The van der Waals surface area contributed by atoms with E-state index < -0.39 is 16.6 Å². The topological polar surface area (TPSA) is 44.8 Å². The summed E-state index contributed by atoms with van der Waals surface area (Å²) in [5.74, 6) is 0.475. The molecule has 41 heavy (non-hydrogen) atoms. The smallest absolute Gasteiger partial charge is 0.192 e. The van der Waals surface area contributed by atoms with E-state index in [-0.39, 0.29) is 39.9 Å². The number of benzene rings is 1. The summed E-state index contributed by atoms with van der Waals surface area (Å²) in [4.78, 5) is 13.9. The van der Waals surface area contributed by atoms with E-state index >= 15 is 0 Å². The van der Waals surface area contributed by atoms with Crippen molar-refractivity contribution in [1.29, 1.82) is 0 Å². The predicted octanol–water partition coefficient (Wildman–Crippen LogP) is 10.6. The molecule has 0 unspecified atom stereocenters. The van der Waals surface area contributed by atoms with Crippen LogP contribution in [0.1, 0.15) is 92.1 Å². The van der Waals surface area contributed by atoms with Gasteiger partial charge in [0.2, 0.25) is 0 Å². The van der Waals surface area contributed by atoms with Gasteiger partial charge < -0.3 is 13.6 Å². The van der Waals surface area contributed by atoms with Gasteiger partial charge >= 0.3 is 0 Å². The molecule has 1 aromatic rings. The number of carbonyl (C=O) groups excluding carboxylic acids is 1. The molecule has 0 saturated heterocycles. The zero-order valence-electron chi connectivity index (χ0n) is 27.7. The van der Waals surface area contributed by atoms with Gasteiger partial charge in [0.15, 0.2) is 16.6 Å². The average molecular weight is 666 g/mol. The molecule has 0 bridgehead atoms. The number of halogens is 1. The first-order chi connectivity index (χ1) is 18.9. The molecule has 0 heterocycles. The molecule has 0 spiro atoms. The molecular weight excluding hydrogens is 608 g/mol. The van der Waals surface area contributed by atoms with E-state index in [1.807, 2.05) is 18.2 Å². The molecule has 1 aromatic carbocycles. The number of hydrogen-bond donors (Lipinski definition) is 0. The lowest BCUT2D eigenvalue weighted by Crippen LogP contribution is -2.45. The van der Waals surface area contributed by atoms with Gasteiger partial charge in [-0.1, -0.05) is 105 Å². The molecule has 1 aliphatic rings. The molecule has 1 aliphatic carbocycles. The van der Waals surface area contributed by atoms with Crippen molar-refractivity contribution in [2.75, 3.05) is 6.61 Å². The molecule has 0 aliphatic heterocycles. The molecule has 0 N–H and O–H groups in total. The monoisotopic (exact) mass is 664 g/mol. The van der Waals surface area contributed by atoms with Crippen LogP contribution in [0, 0.1) is 5.92 Å². The Bertz CT molecular complexity index is 1050. The van der Waals surface area contributed by atoms with Crippen LogP contribution >= 0.6 is 15.9 Å². The van der Waals surface area contributed by atoms with Gasteiger partial charge in [-0.25, -0.2) is 0 Å². The molecule has 0 aromatic heterocycles. The third-order valence-electron chi connectivity index (χ3n) is 9.39. The Morgan fingerprint density at radius 2 is 1.68 bits per heavy atom. The zero-order valence-corrected chi connectivity index (χ0v) is 31.3. The highest BCUT2D eigenvalue weighted by molar-refractivity contribution is 9.10. The number of ether oxygens (including phenoxy) is 1. The number of ketones is 1. The third kappa shape index (κ3) is 9.49. The maximum absolute atomic E-state index is 13.9. The second-order valence-electron chi connectivity index (χ2n) is 14.7. The maximum Gasteiger partial charge on any atom is 0.192 e. The lowest BCUT2D eigenvalue weighted by atomic mass is 9.86. The van der Waals surface area contributed by atoms with Crippen LogP contribution in [0.25, 0.3) is 0 Å². The van der Waals surface area contributed by atoms with Gasteiger partial charge in [-0.15, -0.1) is 0 Å². The second kappa shape index (κ2) is 14.7. The summed E-state index contributed by atoms with van der Waals surface area (Å²) >= 11 is 3.67. The Kier molecular flexibility index (Phi) is 12.9. The molecule has 232 valence electrons. The fraction of sp³-hybridized carbons (Fsp3) is 0.676. The number of para-hydroxylation sites is 1. The Labute approximate surface area is 262 Å². The highest BCUT2D eigenvalue weighted by Gasteiger charge is 2.48. The van der Waals surface area contributed by atoms with E-state index in [1.54, 1.807) is 6.08 Å². The molecule has 7 heteroatoms. The van der Waals surface area contributed by atoms with Gasteiger partial charge in [-0.3, -0.25) is 4.79 Å². The predicted molar refractivity (Wildman–Crippen MR) is 183 cm³/mol. The summed E-state index contributed by atoms with van der Waals surface area (Å²) in [7, 11) is -4.12. The van der Waals surface area contributed by atoms with Crippen LogP contribution < -0.4 is 4.74 Å². The van der Waals surface area contributed by atoms with Crippen LogP contribution in [-0.2, 0) is 13.6 Å². The van der Waals surface area contributed by atoms with Gasteiger partial charge in [-0.05, 0) is 64.7 Å². The molecule has 0 radical (unpaired) electrons. The fourth-order valence-electron chi connectivity index (χ4n) is 4.84. The van der Waals surface area contributed by atoms with Gasteiger partial charge in [-0.2, -0.15) is 0 Å². The summed E-state index contributed by atoms with van der Waals surface area (Å²) in [5, 5.41) is 0.169. The SMILES string of the molecule is C=CCOc1c(Br)cccc1[C@H]1C(=O)C[C@@H](O[Si](C)(C)C(C)(C)C)[C@@H]1/C=C/[C@H](CCCCC)O[Si](C)(C)C(C)(C)C. The first-order valence-electron chi connectivity index (χ1n) is 15.4. The summed E-state index contributed by atoms with van der Waals surface area (Å²) in [6.07, 6.45) is 11.0. The van der Waals surface area contributed by atoms with Crippen molar-refractivity contribution in [2.24, 2.45) is 5.92 Å². The minimum atomic E-state index is -2.13. The second-order valence-corrected chi connectivity index (χ2v) is 25.1. The van der Waals surface area contributed by atoms with E-state index in [0.717, 1.165) is 22.9 Å². The third-order valence-corrected chi connectivity index (χ3v) is 19.0. The number of rotatable bonds is 14. The van der Waals surface area contributed by atoms with Crippen molar-refractivity contribution < 1.29 is 18.4 Å². The molecular formula is C34H57BrO4Si2. The Balaban J connectivity index is 2.59. The highest BCUT2D eigenvalue weighted by atomic mass is 79.9. The zero-order chi connectivity index (χ0) is 31.2. The molecule has 0 amide bonds. The highest BCUT2D eigenvalue weighted by Crippen LogP contribution is 2.48. The van der Waals surface area contributed by atoms with Crippen LogP contribution in [0.15, 0.2) is 47.5 Å². The van der Waals surface area contributed by atoms with Crippen LogP contribution in [0.2, 0.25) is 36.3 Å². The van der Waals surface area contributed by atoms with Crippen LogP contribution in [-0.4, -0.2) is 41.2 Å². The number of Topliss-reactive ketones (excluding diaryl/α,β-unsaturated/α-hetero) is 1. The molecule has 4 nitrogen and oxygen atoms in total. The standard InChI is InChI=1S/C34H57BrO4Si2/c1-13-15-16-18-25(38-40(9,10)33(3,4)5)21-22-26-30(39-41(11,12)34(6,7)8)24-29(36)31(26)27-19-17-20-28(35)32(27)37-23-14-2/h14,17,19-22,25-26,30-31H,2,13,15-16,18,23-24H2,1,3-12H3/b22-21+/t25-,26-,30+,31-/m0/s1. The first kappa shape index (κ1) is 36.2. The first-order valence-corrected chi connectivity index (χ1v) is 22.1. The molecule has 4 atom stereocenters. The average Bonchev–Trinajstić information content (AvgIpc) is 3.13. The normalized spacial score (nSPS) is 21.5. The Morgan fingerprint density at radius 1 is 1.05 bits per heavy atom. The lowest BCUT2D eigenvalue weighted by molar-refractivity contribution is -0.119. The number of hydrogen-bond acceptors (Lipinski definition) is 4. The lowest BCUT2D eigenvalue weighted by Gasteiger charge is -2.40. The van der Waals surface area contributed by atoms with Gasteiger partial charge in [0.05, 0.1) is 22.6 Å². The van der Waals surface area contributed by atoms with Crippen molar-refractivity contribution >= 4 is 38.3 Å². The summed E-state index contributed by atoms with van der Waals surface area (Å²) in [6, 6.07) is 5.99. The Hall–Kier alpha value is -0.996. The van der Waals surface area contributed by atoms with E-state index in [0.29, 0.717) is 18.8 Å². The van der Waals surface area contributed by atoms with Crippen molar-refractivity contribution in [2.45, 2.75) is 135 Å². The minimum absolute atomic E-state index is 0.0197. The Morgan fingerprint density at radius 3 is 2.24 bits per heavy atom. The van der Waals surface area contributed by atoms with Gasteiger partial charge in [0.25, 0.3) is 0 Å². The van der Waals surface area contributed by atoms with Crippen molar-refractivity contribution in [1.82, 2.24) is 0 Å². The fourth-order valence-corrected chi connectivity index (χ4v) is 8.00. The summed E-state index contributed by atoms with van der Waals surface area (Å²) in [6.45, 7) is 29.3. The van der Waals surface area contributed by atoms with E-state index in [2.05, 4.69) is 109 Å². The van der Waals surface area contributed by atoms with E-state index in [4.69, 9.17) is 13.6 Å². The summed E-state index contributed by atoms with van der Waals surface area (Å²) < 4.78 is 20.9. The summed E-state index contributed by atoms with van der Waals surface area (Å²) in [5.41, 5.74) is 0.912. The van der Waals surface area contributed by atoms with Crippen LogP contribution in [0.4, 0.5) is 0 Å².